The van der Waals surface area contributed by atoms with Crippen molar-refractivity contribution in [1.82, 2.24) is 4.90 Å². The summed E-state index contributed by atoms with van der Waals surface area (Å²) in [4.78, 5) is 26.3. The highest BCUT2D eigenvalue weighted by Crippen LogP contribution is 2.36. The van der Waals surface area contributed by atoms with Crippen LogP contribution in [-0.4, -0.2) is 30.3 Å². The van der Waals surface area contributed by atoms with Gasteiger partial charge in [-0.15, -0.1) is 0 Å². The van der Waals surface area contributed by atoms with Crippen LogP contribution in [0.1, 0.15) is 23.6 Å². The molecule has 0 spiro atoms. The molecular weight excluding hydrogens is 467 g/mol. The molecule has 0 fully saturated rings. The summed E-state index contributed by atoms with van der Waals surface area (Å²) in [6.07, 6.45) is 2.58. The fourth-order valence-electron chi connectivity index (χ4n) is 3.16. The van der Waals surface area contributed by atoms with Gasteiger partial charge in [-0.1, -0.05) is 28.1 Å². The average molecular weight is 484 g/mol. The van der Waals surface area contributed by atoms with Crippen molar-refractivity contribution in [3.05, 3.63) is 70.1 Å². The summed E-state index contributed by atoms with van der Waals surface area (Å²) in [5.41, 5.74) is 1.01. The number of carbonyl (C=O) groups is 2. The van der Waals surface area contributed by atoms with Crippen molar-refractivity contribution in [2.24, 2.45) is 0 Å². The highest BCUT2D eigenvalue weighted by atomic mass is 79.9. The SMILES string of the molecule is COc1cc(Br)c(CC(=O)N2C=CC(=O)CC2c2ccc(F)cc2)cc1OC(F)F. The molecule has 0 aliphatic carbocycles. The molecule has 1 aliphatic rings. The second-order valence-corrected chi connectivity index (χ2v) is 7.36. The first kappa shape index (κ1) is 21.9. The number of hydrogen-bond donors (Lipinski definition) is 0. The topological polar surface area (TPSA) is 55.8 Å². The van der Waals surface area contributed by atoms with E-state index in [2.05, 4.69) is 20.7 Å². The summed E-state index contributed by atoms with van der Waals surface area (Å²) in [5.74, 6) is -1.07. The quantitative estimate of drug-likeness (QED) is 0.592. The van der Waals surface area contributed by atoms with Gasteiger partial charge in [0.05, 0.1) is 19.6 Å². The average Bonchev–Trinajstić information content (AvgIpc) is 2.70. The third kappa shape index (κ3) is 5.02. The predicted molar refractivity (Wildman–Crippen MR) is 106 cm³/mol. The van der Waals surface area contributed by atoms with Crippen LogP contribution in [0.5, 0.6) is 11.5 Å². The van der Waals surface area contributed by atoms with Crippen molar-refractivity contribution < 1.29 is 32.2 Å². The molecule has 1 aliphatic heterocycles. The Labute approximate surface area is 179 Å². The van der Waals surface area contributed by atoms with Crippen molar-refractivity contribution >= 4 is 27.6 Å². The smallest absolute Gasteiger partial charge is 0.387 e. The maximum absolute atomic E-state index is 13.3. The number of alkyl halides is 2. The minimum absolute atomic E-state index is 0.0530. The molecule has 1 heterocycles. The van der Waals surface area contributed by atoms with Gasteiger partial charge in [0.1, 0.15) is 5.82 Å². The van der Waals surface area contributed by atoms with Gasteiger partial charge in [-0.25, -0.2) is 4.39 Å². The van der Waals surface area contributed by atoms with E-state index in [1.807, 2.05) is 0 Å². The zero-order valence-corrected chi connectivity index (χ0v) is 17.4. The molecule has 0 saturated carbocycles. The lowest BCUT2D eigenvalue weighted by molar-refractivity contribution is -0.131. The van der Waals surface area contributed by atoms with Crippen molar-refractivity contribution in [1.29, 1.82) is 0 Å². The van der Waals surface area contributed by atoms with E-state index >= 15 is 0 Å². The van der Waals surface area contributed by atoms with Crippen LogP contribution in [0.15, 0.2) is 53.1 Å². The van der Waals surface area contributed by atoms with Crippen molar-refractivity contribution in [3.63, 3.8) is 0 Å². The molecule has 2 aromatic carbocycles. The van der Waals surface area contributed by atoms with Crippen LogP contribution in [-0.2, 0) is 16.0 Å². The summed E-state index contributed by atoms with van der Waals surface area (Å²) in [7, 11) is 1.31. The van der Waals surface area contributed by atoms with E-state index in [0.717, 1.165) is 0 Å². The first-order valence-electron chi connectivity index (χ1n) is 8.87. The van der Waals surface area contributed by atoms with Crippen molar-refractivity contribution in [2.45, 2.75) is 25.5 Å². The number of methoxy groups -OCH3 is 1. The predicted octanol–water partition coefficient (Wildman–Crippen LogP) is 4.80. The number of ketones is 1. The van der Waals surface area contributed by atoms with E-state index in [4.69, 9.17) is 4.74 Å². The van der Waals surface area contributed by atoms with Gasteiger partial charge in [-0.3, -0.25) is 9.59 Å². The molecule has 0 aromatic heterocycles. The second-order valence-electron chi connectivity index (χ2n) is 6.50. The Balaban J connectivity index is 1.88. The Hall–Kier alpha value is -2.81. The molecule has 1 unspecified atom stereocenters. The van der Waals surface area contributed by atoms with Crippen LogP contribution in [0.2, 0.25) is 0 Å². The molecule has 0 radical (unpaired) electrons. The van der Waals surface area contributed by atoms with E-state index in [9.17, 15) is 22.8 Å². The summed E-state index contributed by atoms with van der Waals surface area (Å²) in [6, 6.07) is 7.70. The Morgan fingerprint density at radius 2 is 1.93 bits per heavy atom. The summed E-state index contributed by atoms with van der Waals surface area (Å²) >= 11 is 3.31. The molecular formula is C21H17BrF3NO4. The van der Waals surface area contributed by atoms with Gasteiger partial charge < -0.3 is 14.4 Å². The lowest BCUT2D eigenvalue weighted by atomic mass is 9.96. The van der Waals surface area contributed by atoms with Crippen molar-refractivity contribution in [2.75, 3.05) is 7.11 Å². The lowest BCUT2D eigenvalue weighted by Crippen LogP contribution is -2.35. The van der Waals surface area contributed by atoms with Gasteiger partial charge in [0.25, 0.3) is 0 Å². The molecule has 1 atom stereocenters. The first-order chi connectivity index (χ1) is 14.3. The molecule has 0 saturated heterocycles. The highest BCUT2D eigenvalue weighted by molar-refractivity contribution is 9.10. The standard InChI is InChI=1S/C21H17BrF3NO4/c1-29-18-11-16(22)13(8-19(18)30-21(24)25)9-20(28)26-7-6-15(27)10-17(26)12-2-4-14(23)5-3-12/h2-8,11,17,21H,9-10H2,1H3. The number of allylic oxidation sites excluding steroid dienone is 1. The number of amides is 1. The third-order valence-corrected chi connectivity index (χ3v) is 5.32. The Morgan fingerprint density at radius 3 is 2.57 bits per heavy atom. The van der Waals surface area contributed by atoms with Crippen LogP contribution in [0.4, 0.5) is 13.2 Å². The Kier molecular flexibility index (Phi) is 6.81. The number of rotatable bonds is 6. The molecule has 1 amide bonds. The van der Waals surface area contributed by atoms with Crippen LogP contribution in [0, 0.1) is 5.82 Å². The minimum atomic E-state index is -3.05. The molecule has 0 bridgehead atoms. The van der Waals surface area contributed by atoms with Gasteiger partial charge in [-0.05, 0) is 41.5 Å². The number of benzene rings is 2. The van der Waals surface area contributed by atoms with Gasteiger partial charge in [-0.2, -0.15) is 8.78 Å². The van der Waals surface area contributed by atoms with E-state index in [0.29, 0.717) is 15.6 Å². The molecule has 2 aromatic rings. The van der Waals surface area contributed by atoms with Gasteiger partial charge in [0, 0.05) is 17.1 Å². The van der Waals surface area contributed by atoms with Crippen LogP contribution >= 0.6 is 15.9 Å². The number of nitrogens with zero attached hydrogens (tertiary/aromatic N) is 1. The Morgan fingerprint density at radius 1 is 1.23 bits per heavy atom. The van der Waals surface area contributed by atoms with E-state index in [-0.39, 0.29) is 36.0 Å². The largest absolute Gasteiger partial charge is 0.493 e. The van der Waals surface area contributed by atoms with Gasteiger partial charge >= 0.3 is 6.61 Å². The maximum atomic E-state index is 13.3. The lowest BCUT2D eigenvalue weighted by Gasteiger charge is -2.31. The number of carbonyl (C=O) groups excluding carboxylic acids is 2. The highest BCUT2D eigenvalue weighted by Gasteiger charge is 2.29. The van der Waals surface area contributed by atoms with Crippen LogP contribution in [0.25, 0.3) is 0 Å². The zero-order valence-electron chi connectivity index (χ0n) is 15.8. The minimum Gasteiger partial charge on any atom is -0.493 e. The second kappa shape index (κ2) is 9.34. The van der Waals surface area contributed by atoms with Crippen molar-refractivity contribution in [3.8, 4) is 11.5 Å². The molecule has 158 valence electrons. The zero-order chi connectivity index (χ0) is 21.8. The number of halogens is 4. The molecule has 30 heavy (non-hydrogen) atoms. The van der Waals surface area contributed by atoms with Gasteiger partial charge in [0.2, 0.25) is 5.91 Å². The summed E-state index contributed by atoms with van der Waals surface area (Å²) < 4.78 is 48.6. The summed E-state index contributed by atoms with van der Waals surface area (Å²) in [5, 5.41) is 0. The number of ether oxygens (including phenoxy) is 2. The fraction of sp³-hybridized carbons (Fsp3) is 0.238. The maximum Gasteiger partial charge on any atom is 0.387 e. The van der Waals surface area contributed by atoms with Crippen LogP contribution < -0.4 is 9.47 Å². The van der Waals surface area contributed by atoms with Gasteiger partial charge in [0.15, 0.2) is 17.3 Å². The molecule has 5 nitrogen and oxygen atoms in total. The van der Waals surface area contributed by atoms with Crippen LogP contribution in [0.3, 0.4) is 0 Å². The van der Waals surface area contributed by atoms with E-state index in [1.54, 1.807) is 0 Å². The summed E-state index contributed by atoms with van der Waals surface area (Å²) in [6.45, 7) is -3.05. The molecule has 9 heteroatoms. The number of hydrogen-bond acceptors (Lipinski definition) is 4. The van der Waals surface area contributed by atoms with E-state index < -0.39 is 18.5 Å². The Bertz CT molecular complexity index is 979. The monoisotopic (exact) mass is 483 g/mol. The fourth-order valence-corrected chi connectivity index (χ4v) is 3.62. The normalized spacial score (nSPS) is 16.1. The van der Waals surface area contributed by atoms with E-state index in [1.165, 1.54) is 60.7 Å². The first-order valence-corrected chi connectivity index (χ1v) is 9.66. The molecule has 0 N–H and O–H groups in total. The third-order valence-electron chi connectivity index (χ3n) is 4.58. The molecule has 3 rings (SSSR count).